The third-order valence-corrected chi connectivity index (χ3v) is 2.55. The molecule has 1 rings (SSSR count). The van der Waals surface area contributed by atoms with Crippen LogP contribution >= 0.6 is 0 Å². The van der Waals surface area contributed by atoms with Crippen molar-refractivity contribution in [1.82, 2.24) is 5.32 Å². The predicted octanol–water partition coefficient (Wildman–Crippen LogP) is 1.90. The van der Waals surface area contributed by atoms with Gasteiger partial charge in [0.05, 0.1) is 14.2 Å². The molecule has 0 spiro atoms. The van der Waals surface area contributed by atoms with Crippen LogP contribution in [0.5, 0.6) is 5.75 Å². The summed E-state index contributed by atoms with van der Waals surface area (Å²) in [6.45, 7) is 3.11. The molecule has 0 saturated heterocycles. The van der Waals surface area contributed by atoms with E-state index in [4.69, 9.17) is 4.74 Å². The van der Waals surface area contributed by atoms with Crippen LogP contribution in [0.25, 0.3) is 0 Å². The second-order valence-electron chi connectivity index (χ2n) is 3.86. The van der Waals surface area contributed by atoms with E-state index in [0.29, 0.717) is 12.1 Å². The van der Waals surface area contributed by atoms with Crippen LogP contribution in [0.15, 0.2) is 35.9 Å². The SMILES string of the molecule is COC(=O)/C(C)=C/CNCc1ccc(OC)cc1. The molecule has 1 aromatic carbocycles. The minimum Gasteiger partial charge on any atom is -0.497 e. The van der Waals surface area contributed by atoms with Gasteiger partial charge in [0, 0.05) is 18.7 Å². The Balaban J connectivity index is 2.35. The number of esters is 1. The third-order valence-electron chi connectivity index (χ3n) is 2.55. The molecule has 1 N–H and O–H groups in total. The molecule has 0 aromatic heterocycles. The third kappa shape index (κ3) is 4.59. The van der Waals surface area contributed by atoms with E-state index < -0.39 is 0 Å². The molecule has 0 aliphatic heterocycles. The molecule has 0 amide bonds. The monoisotopic (exact) mass is 249 g/mol. The quantitative estimate of drug-likeness (QED) is 0.475. The second kappa shape index (κ2) is 7.50. The molecular weight excluding hydrogens is 230 g/mol. The maximum absolute atomic E-state index is 11.1. The van der Waals surface area contributed by atoms with Crippen molar-refractivity contribution in [2.75, 3.05) is 20.8 Å². The smallest absolute Gasteiger partial charge is 0.333 e. The lowest BCUT2D eigenvalue weighted by Crippen LogP contribution is -2.14. The van der Waals surface area contributed by atoms with Crippen molar-refractivity contribution >= 4 is 5.97 Å². The Hall–Kier alpha value is -1.81. The predicted molar refractivity (Wildman–Crippen MR) is 70.5 cm³/mol. The number of rotatable bonds is 6. The molecule has 0 heterocycles. The van der Waals surface area contributed by atoms with Crippen LogP contribution in [-0.4, -0.2) is 26.7 Å². The second-order valence-corrected chi connectivity index (χ2v) is 3.86. The van der Waals surface area contributed by atoms with E-state index in [0.717, 1.165) is 12.3 Å². The summed E-state index contributed by atoms with van der Waals surface area (Å²) in [5.41, 5.74) is 1.78. The van der Waals surface area contributed by atoms with Crippen LogP contribution in [0.3, 0.4) is 0 Å². The first-order valence-electron chi connectivity index (χ1n) is 5.76. The van der Waals surface area contributed by atoms with Crippen molar-refractivity contribution in [2.24, 2.45) is 0 Å². The summed E-state index contributed by atoms with van der Waals surface area (Å²) in [6, 6.07) is 7.85. The molecule has 1 aromatic rings. The fourth-order valence-corrected chi connectivity index (χ4v) is 1.43. The highest BCUT2D eigenvalue weighted by Gasteiger charge is 2.01. The topological polar surface area (TPSA) is 47.6 Å². The number of carbonyl (C=O) groups is 1. The normalized spacial score (nSPS) is 11.2. The van der Waals surface area contributed by atoms with Gasteiger partial charge >= 0.3 is 5.97 Å². The fourth-order valence-electron chi connectivity index (χ4n) is 1.43. The van der Waals surface area contributed by atoms with Gasteiger partial charge in [0.15, 0.2) is 0 Å². The first-order chi connectivity index (χ1) is 8.67. The molecular formula is C14H19NO3. The van der Waals surface area contributed by atoms with E-state index >= 15 is 0 Å². The number of nitrogens with one attached hydrogen (secondary N) is 1. The molecule has 0 aliphatic rings. The molecule has 98 valence electrons. The van der Waals surface area contributed by atoms with E-state index in [9.17, 15) is 4.79 Å². The molecule has 0 fully saturated rings. The van der Waals surface area contributed by atoms with Gasteiger partial charge in [-0.3, -0.25) is 0 Å². The van der Waals surface area contributed by atoms with Crippen molar-refractivity contribution in [1.29, 1.82) is 0 Å². The number of benzene rings is 1. The Bertz CT molecular complexity index is 410. The van der Waals surface area contributed by atoms with Crippen LogP contribution < -0.4 is 10.1 Å². The van der Waals surface area contributed by atoms with Crippen LogP contribution in [-0.2, 0) is 16.1 Å². The Morgan fingerprint density at radius 2 is 1.94 bits per heavy atom. The molecule has 0 aliphatic carbocycles. The average Bonchev–Trinajstić information content (AvgIpc) is 2.43. The largest absolute Gasteiger partial charge is 0.497 e. The maximum Gasteiger partial charge on any atom is 0.333 e. The highest BCUT2D eigenvalue weighted by atomic mass is 16.5. The van der Waals surface area contributed by atoms with Gasteiger partial charge in [-0.1, -0.05) is 18.2 Å². The molecule has 18 heavy (non-hydrogen) atoms. The van der Waals surface area contributed by atoms with Gasteiger partial charge in [0.2, 0.25) is 0 Å². The van der Waals surface area contributed by atoms with Gasteiger partial charge in [-0.15, -0.1) is 0 Å². The molecule has 0 unspecified atom stereocenters. The highest BCUT2D eigenvalue weighted by Crippen LogP contribution is 2.10. The molecule has 0 atom stereocenters. The molecule has 4 nitrogen and oxygen atoms in total. The molecule has 4 heteroatoms. The van der Waals surface area contributed by atoms with E-state index in [2.05, 4.69) is 10.1 Å². The number of ether oxygens (including phenoxy) is 2. The standard InChI is InChI=1S/C14H19NO3/c1-11(14(16)18-3)8-9-15-10-12-4-6-13(17-2)7-5-12/h4-8,15H,9-10H2,1-3H3/b11-8+. The number of hydrogen-bond acceptors (Lipinski definition) is 4. The van der Waals surface area contributed by atoms with Gasteiger partial charge in [0.25, 0.3) is 0 Å². The summed E-state index contributed by atoms with van der Waals surface area (Å²) in [4.78, 5) is 11.1. The number of hydrogen-bond donors (Lipinski definition) is 1. The lowest BCUT2D eigenvalue weighted by Gasteiger charge is -2.04. The van der Waals surface area contributed by atoms with Gasteiger partial charge in [-0.2, -0.15) is 0 Å². The number of carbonyl (C=O) groups excluding carboxylic acids is 1. The van der Waals surface area contributed by atoms with Crippen molar-refractivity contribution in [3.05, 3.63) is 41.5 Å². The van der Waals surface area contributed by atoms with Crippen LogP contribution in [0.1, 0.15) is 12.5 Å². The van der Waals surface area contributed by atoms with Gasteiger partial charge in [-0.25, -0.2) is 4.79 Å². The zero-order valence-corrected chi connectivity index (χ0v) is 11.0. The zero-order chi connectivity index (χ0) is 13.4. The Morgan fingerprint density at radius 3 is 2.50 bits per heavy atom. The summed E-state index contributed by atoms with van der Waals surface area (Å²) in [5, 5.41) is 3.22. The summed E-state index contributed by atoms with van der Waals surface area (Å²) >= 11 is 0. The van der Waals surface area contributed by atoms with Gasteiger partial charge in [0.1, 0.15) is 5.75 Å². The van der Waals surface area contributed by atoms with Gasteiger partial charge in [-0.05, 0) is 24.6 Å². The summed E-state index contributed by atoms with van der Waals surface area (Å²) in [5.74, 6) is 0.557. The summed E-state index contributed by atoms with van der Waals surface area (Å²) < 4.78 is 9.69. The first-order valence-corrected chi connectivity index (χ1v) is 5.76. The summed E-state index contributed by atoms with van der Waals surface area (Å²) in [7, 11) is 3.03. The summed E-state index contributed by atoms with van der Waals surface area (Å²) in [6.07, 6.45) is 1.81. The lowest BCUT2D eigenvalue weighted by molar-refractivity contribution is -0.136. The molecule has 0 radical (unpaired) electrons. The van der Waals surface area contributed by atoms with Crippen LogP contribution in [0.4, 0.5) is 0 Å². The number of methoxy groups -OCH3 is 2. The van der Waals surface area contributed by atoms with Crippen molar-refractivity contribution in [3.63, 3.8) is 0 Å². The van der Waals surface area contributed by atoms with E-state index in [1.54, 1.807) is 14.0 Å². The minimum atomic E-state index is -0.291. The fraction of sp³-hybridized carbons (Fsp3) is 0.357. The molecule has 0 bridgehead atoms. The van der Waals surface area contributed by atoms with E-state index in [1.165, 1.54) is 12.7 Å². The first kappa shape index (κ1) is 14.3. The Kier molecular flexibility index (Phi) is 5.94. The van der Waals surface area contributed by atoms with Crippen molar-refractivity contribution < 1.29 is 14.3 Å². The van der Waals surface area contributed by atoms with Crippen LogP contribution in [0.2, 0.25) is 0 Å². The van der Waals surface area contributed by atoms with Crippen LogP contribution in [0, 0.1) is 0 Å². The maximum atomic E-state index is 11.1. The average molecular weight is 249 g/mol. The van der Waals surface area contributed by atoms with Crippen molar-refractivity contribution in [3.8, 4) is 5.75 Å². The zero-order valence-electron chi connectivity index (χ0n) is 11.0. The molecule has 0 saturated carbocycles. The van der Waals surface area contributed by atoms with E-state index in [-0.39, 0.29) is 5.97 Å². The van der Waals surface area contributed by atoms with Crippen molar-refractivity contribution in [2.45, 2.75) is 13.5 Å². The van der Waals surface area contributed by atoms with Gasteiger partial charge < -0.3 is 14.8 Å². The Morgan fingerprint density at radius 1 is 1.28 bits per heavy atom. The Labute approximate surface area is 108 Å². The highest BCUT2D eigenvalue weighted by molar-refractivity contribution is 5.87. The van der Waals surface area contributed by atoms with E-state index in [1.807, 2.05) is 30.3 Å². The lowest BCUT2D eigenvalue weighted by atomic mass is 10.2. The minimum absolute atomic E-state index is 0.291.